The summed E-state index contributed by atoms with van der Waals surface area (Å²) in [5, 5.41) is 7.98. The highest BCUT2D eigenvalue weighted by Crippen LogP contribution is 2.19. The first kappa shape index (κ1) is 21.1. The summed E-state index contributed by atoms with van der Waals surface area (Å²) in [6.07, 6.45) is 2.58. The van der Waals surface area contributed by atoms with Crippen molar-refractivity contribution in [3.05, 3.63) is 23.8 Å². The van der Waals surface area contributed by atoms with Crippen LogP contribution < -0.4 is 16.0 Å². The quantitative estimate of drug-likeness (QED) is 0.459. The van der Waals surface area contributed by atoms with E-state index in [0.717, 1.165) is 12.8 Å². The monoisotopic (exact) mass is 363 g/mol. The smallest absolute Gasteiger partial charge is 0.305 e. The minimum atomic E-state index is -0.309. The minimum absolute atomic E-state index is 0.241. The zero-order valence-electron chi connectivity index (χ0n) is 15.3. The lowest BCUT2D eigenvalue weighted by Gasteiger charge is -2.11. The van der Waals surface area contributed by atoms with Gasteiger partial charge < -0.3 is 20.7 Å². The lowest BCUT2D eigenvalue weighted by atomic mass is 10.1. The molecule has 0 atom stereocenters. The lowest BCUT2D eigenvalue weighted by Crippen LogP contribution is -2.25. The van der Waals surface area contributed by atoms with Crippen molar-refractivity contribution in [1.29, 1.82) is 0 Å². The first-order valence-electron chi connectivity index (χ1n) is 8.37. The Bertz CT molecular complexity index is 639. The molecule has 3 N–H and O–H groups in total. The molecule has 1 aromatic carbocycles. The number of benzene rings is 1. The molecule has 0 bridgehead atoms. The molecule has 3 amide bonds. The predicted octanol–water partition coefficient (Wildman–Crippen LogP) is 2.07. The fraction of sp³-hybridized carbons (Fsp3) is 0.444. The van der Waals surface area contributed by atoms with Gasteiger partial charge in [0, 0.05) is 43.8 Å². The average Bonchev–Trinajstić information content (AvgIpc) is 2.55. The van der Waals surface area contributed by atoms with Gasteiger partial charge in [-0.05, 0) is 31.0 Å². The molecule has 1 aromatic rings. The largest absolute Gasteiger partial charge is 0.469 e. The van der Waals surface area contributed by atoms with E-state index in [1.165, 1.54) is 21.0 Å². The highest BCUT2D eigenvalue weighted by molar-refractivity contribution is 5.99. The van der Waals surface area contributed by atoms with Crippen molar-refractivity contribution >= 4 is 35.1 Å². The molecule has 0 unspecified atom stereocenters. The van der Waals surface area contributed by atoms with E-state index in [1.54, 1.807) is 18.2 Å². The number of hydrogen-bond acceptors (Lipinski definition) is 5. The van der Waals surface area contributed by atoms with E-state index in [1.807, 2.05) is 0 Å². The molecule has 0 radical (unpaired) electrons. The highest BCUT2D eigenvalue weighted by atomic mass is 16.5. The van der Waals surface area contributed by atoms with E-state index < -0.39 is 0 Å². The van der Waals surface area contributed by atoms with Crippen LogP contribution >= 0.6 is 0 Å². The van der Waals surface area contributed by atoms with E-state index in [2.05, 4.69) is 20.7 Å². The van der Waals surface area contributed by atoms with E-state index in [-0.39, 0.29) is 23.7 Å². The number of nitrogens with one attached hydrogen (secondary N) is 3. The summed E-state index contributed by atoms with van der Waals surface area (Å²) in [7, 11) is 1.35. The van der Waals surface area contributed by atoms with Gasteiger partial charge in [-0.25, -0.2) is 0 Å². The zero-order chi connectivity index (χ0) is 19.5. The van der Waals surface area contributed by atoms with E-state index in [9.17, 15) is 19.2 Å². The Morgan fingerprint density at radius 2 is 1.46 bits per heavy atom. The summed E-state index contributed by atoms with van der Waals surface area (Å²) in [6.45, 7) is 3.18. The van der Waals surface area contributed by atoms with Gasteiger partial charge in [-0.15, -0.1) is 0 Å². The van der Waals surface area contributed by atoms with Gasteiger partial charge in [0.25, 0.3) is 5.91 Å². The van der Waals surface area contributed by atoms with Crippen LogP contribution in [0.15, 0.2) is 18.2 Å². The molecule has 0 aliphatic heterocycles. The second-order valence-electron chi connectivity index (χ2n) is 5.80. The second-order valence-corrected chi connectivity index (χ2v) is 5.80. The summed E-state index contributed by atoms with van der Waals surface area (Å²) in [5.41, 5.74) is 1.17. The van der Waals surface area contributed by atoms with Gasteiger partial charge in [-0.2, -0.15) is 0 Å². The Labute approximate surface area is 152 Å². The first-order chi connectivity index (χ1) is 12.3. The van der Waals surface area contributed by atoms with Crippen molar-refractivity contribution in [2.24, 2.45) is 0 Å². The van der Waals surface area contributed by atoms with Gasteiger partial charge in [0.1, 0.15) is 0 Å². The van der Waals surface area contributed by atoms with Crippen LogP contribution in [0.25, 0.3) is 0 Å². The van der Waals surface area contributed by atoms with Gasteiger partial charge >= 0.3 is 5.97 Å². The molecule has 0 saturated heterocycles. The summed E-state index contributed by atoms with van der Waals surface area (Å²) >= 11 is 0. The molecule has 1 rings (SSSR count). The van der Waals surface area contributed by atoms with Crippen LogP contribution in [0.4, 0.5) is 11.4 Å². The normalized spacial score (nSPS) is 9.96. The maximum atomic E-state index is 12.3. The Kier molecular flexibility index (Phi) is 8.83. The van der Waals surface area contributed by atoms with Gasteiger partial charge in [0.15, 0.2) is 0 Å². The third-order valence-electron chi connectivity index (χ3n) is 3.41. The fourth-order valence-electron chi connectivity index (χ4n) is 2.29. The summed E-state index contributed by atoms with van der Waals surface area (Å²) in [4.78, 5) is 45.8. The molecule has 0 heterocycles. The van der Waals surface area contributed by atoms with Crippen LogP contribution in [0.2, 0.25) is 0 Å². The zero-order valence-corrected chi connectivity index (χ0v) is 15.3. The minimum Gasteiger partial charge on any atom is -0.469 e. The van der Waals surface area contributed by atoms with Gasteiger partial charge in [0.05, 0.1) is 7.11 Å². The lowest BCUT2D eigenvalue weighted by molar-refractivity contribution is -0.140. The molecule has 0 aromatic heterocycles. The summed E-state index contributed by atoms with van der Waals surface area (Å²) < 4.78 is 4.56. The topological polar surface area (TPSA) is 114 Å². The molecule has 8 heteroatoms. The van der Waals surface area contributed by atoms with Crippen molar-refractivity contribution in [2.75, 3.05) is 24.3 Å². The standard InChI is InChI=1S/C18H25N3O5/c1-12(22)20-15-9-14(10-16(11-15)21-13(2)23)18(25)19-8-6-4-5-7-17(24)26-3/h9-11H,4-8H2,1-3H3,(H,19,25)(H,20,22)(H,21,23). The molecule has 26 heavy (non-hydrogen) atoms. The maximum absolute atomic E-state index is 12.3. The van der Waals surface area contributed by atoms with Crippen molar-refractivity contribution < 1.29 is 23.9 Å². The number of methoxy groups -OCH3 is 1. The van der Waals surface area contributed by atoms with Gasteiger partial charge in [-0.3, -0.25) is 19.2 Å². The highest BCUT2D eigenvalue weighted by Gasteiger charge is 2.10. The number of unbranched alkanes of at least 4 members (excludes halogenated alkanes) is 2. The number of rotatable bonds is 9. The van der Waals surface area contributed by atoms with Crippen LogP contribution in [-0.4, -0.2) is 37.3 Å². The molecule has 142 valence electrons. The third-order valence-corrected chi connectivity index (χ3v) is 3.41. The maximum Gasteiger partial charge on any atom is 0.305 e. The Morgan fingerprint density at radius 3 is 1.96 bits per heavy atom. The fourth-order valence-corrected chi connectivity index (χ4v) is 2.29. The average molecular weight is 363 g/mol. The molecule has 0 fully saturated rings. The Balaban J connectivity index is 2.61. The van der Waals surface area contributed by atoms with Crippen LogP contribution in [0, 0.1) is 0 Å². The number of ether oxygens (including phenoxy) is 1. The van der Waals surface area contributed by atoms with Crippen LogP contribution in [-0.2, 0) is 19.1 Å². The van der Waals surface area contributed by atoms with Crippen molar-refractivity contribution in [3.63, 3.8) is 0 Å². The number of amides is 3. The molecule has 0 saturated carbocycles. The molecular weight excluding hydrogens is 338 g/mol. The van der Waals surface area contributed by atoms with Crippen molar-refractivity contribution in [2.45, 2.75) is 39.5 Å². The molecular formula is C18H25N3O5. The number of anilines is 2. The second kappa shape index (κ2) is 10.9. The predicted molar refractivity (Wildman–Crippen MR) is 97.9 cm³/mol. The number of carbonyl (C=O) groups is 4. The number of carbonyl (C=O) groups excluding carboxylic acids is 4. The van der Waals surface area contributed by atoms with Gasteiger partial charge in [-0.1, -0.05) is 6.42 Å². The summed E-state index contributed by atoms with van der Waals surface area (Å²) in [5.74, 6) is -1.10. The molecule has 0 aliphatic carbocycles. The van der Waals surface area contributed by atoms with E-state index >= 15 is 0 Å². The van der Waals surface area contributed by atoms with Gasteiger partial charge in [0.2, 0.25) is 11.8 Å². The van der Waals surface area contributed by atoms with E-state index in [4.69, 9.17) is 0 Å². The SMILES string of the molecule is COC(=O)CCCCCNC(=O)c1cc(NC(C)=O)cc(NC(C)=O)c1. The first-order valence-corrected chi connectivity index (χ1v) is 8.37. The number of esters is 1. The Hall–Kier alpha value is -2.90. The molecule has 8 nitrogen and oxygen atoms in total. The van der Waals surface area contributed by atoms with Crippen LogP contribution in [0.1, 0.15) is 49.9 Å². The van der Waals surface area contributed by atoms with Crippen molar-refractivity contribution in [3.8, 4) is 0 Å². The van der Waals surface area contributed by atoms with Crippen LogP contribution in [0.5, 0.6) is 0 Å². The molecule has 0 spiro atoms. The molecule has 0 aliphatic rings. The van der Waals surface area contributed by atoms with Crippen molar-refractivity contribution in [1.82, 2.24) is 5.32 Å². The number of hydrogen-bond donors (Lipinski definition) is 3. The summed E-state index contributed by atoms with van der Waals surface area (Å²) in [6, 6.07) is 4.66. The third kappa shape index (κ3) is 8.27. The van der Waals surface area contributed by atoms with E-state index in [0.29, 0.717) is 36.3 Å². The Morgan fingerprint density at radius 1 is 0.885 bits per heavy atom. The van der Waals surface area contributed by atoms with Crippen LogP contribution in [0.3, 0.4) is 0 Å².